The molecule has 2 aliphatic heterocycles. The Kier molecular flexibility index (Phi) is 3.95. The minimum absolute atomic E-state index is 0.289. The number of esters is 1. The molecule has 0 aromatic heterocycles. The van der Waals surface area contributed by atoms with Gasteiger partial charge in [-0.15, -0.1) is 0 Å². The normalized spacial score (nSPS) is 21.0. The first-order valence-electron chi connectivity index (χ1n) is 8.11. The molecule has 2 aromatic rings. The molecular weight excluding hydrogens is 355 g/mol. The standard InChI is InChI=1S/C19H13FN2O5/c1-10(23)26-14-8-6-13(7-9-14)22-18(24)15-16(21-27-17(15)19(22)25)11-2-4-12(20)5-3-11/h2-9,15,17H,1H3/t15-,17-/m1/s1. The zero-order valence-corrected chi connectivity index (χ0v) is 14.1. The maximum absolute atomic E-state index is 13.1. The molecule has 2 aromatic carbocycles. The van der Waals surface area contributed by atoms with Crippen molar-refractivity contribution in [2.24, 2.45) is 11.1 Å². The highest BCUT2D eigenvalue weighted by Crippen LogP contribution is 2.35. The molecule has 27 heavy (non-hydrogen) atoms. The summed E-state index contributed by atoms with van der Waals surface area (Å²) in [6, 6.07) is 11.4. The van der Waals surface area contributed by atoms with E-state index < -0.39 is 35.6 Å². The molecule has 0 saturated carbocycles. The summed E-state index contributed by atoms with van der Waals surface area (Å²) in [5.41, 5.74) is 1.13. The van der Waals surface area contributed by atoms with Crippen LogP contribution in [0, 0.1) is 11.7 Å². The number of rotatable bonds is 3. The van der Waals surface area contributed by atoms with E-state index in [1.807, 2.05) is 0 Å². The highest BCUT2D eigenvalue weighted by atomic mass is 19.1. The second-order valence-electron chi connectivity index (χ2n) is 6.09. The Morgan fingerprint density at radius 2 is 1.74 bits per heavy atom. The summed E-state index contributed by atoms with van der Waals surface area (Å²) in [5, 5.41) is 3.86. The van der Waals surface area contributed by atoms with E-state index in [0.717, 1.165) is 4.90 Å². The first kappa shape index (κ1) is 16.9. The van der Waals surface area contributed by atoms with Gasteiger partial charge in [0.15, 0.2) is 0 Å². The van der Waals surface area contributed by atoms with Crippen LogP contribution in [0.5, 0.6) is 5.75 Å². The van der Waals surface area contributed by atoms with Crippen LogP contribution in [-0.2, 0) is 19.2 Å². The van der Waals surface area contributed by atoms with Gasteiger partial charge < -0.3 is 9.57 Å². The van der Waals surface area contributed by atoms with E-state index in [4.69, 9.17) is 9.57 Å². The third-order valence-corrected chi connectivity index (χ3v) is 4.31. The van der Waals surface area contributed by atoms with Gasteiger partial charge in [0.1, 0.15) is 23.2 Å². The fraction of sp³-hybridized carbons (Fsp3) is 0.158. The number of nitrogens with zero attached hydrogens (tertiary/aromatic N) is 2. The SMILES string of the molecule is CC(=O)Oc1ccc(N2C(=O)[C@@H]3C(c4ccc(F)cc4)=NO[C@H]3C2=O)cc1. The Labute approximate surface area is 153 Å². The summed E-state index contributed by atoms with van der Waals surface area (Å²) in [5.74, 6) is -2.50. The van der Waals surface area contributed by atoms with Gasteiger partial charge in [-0.2, -0.15) is 0 Å². The van der Waals surface area contributed by atoms with Crippen molar-refractivity contribution in [2.45, 2.75) is 13.0 Å². The topological polar surface area (TPSA) is 85.3 Å². The Morgan fingerprint density at radius 3 is 2.37 bits per heavy atom. The van der Waals surface area contributed by atoms with Crippen molar-refractivity contribution in [1.29, 1.82) is 0 Å². The molecule has 1 fully saturated rings. The molecule has 8 heteroatoms. The molecule has 7 nitrogen and oxygen atoms in total. The Bertz CT molecular complexity index is 969. The summed E-state index contributed by atoms with van der Waals surface area (Å²) in [7, 11) is 0. The van der Waals surface area contributed by atoms with Crippen molar-refractivity contribution in [3.63, 3.8) is 0 Å². The number of anilines is 1. The molecule has 4 rings (SSSR count). The molecule has 136 valence electrons. The van der Waals surface area contributed by atoms with Crippen LogP contribution in [-0.4, -0.2) is 29.6 Å². The number of hydrogen-bond acceptors (Lipinski definition) is 6. The summed E-state index contributed by atoms with van der Waals surface area (Å²) in [4.78, 5) is 42.8. The Balaban J connectivity index is 1.62. The molecule has 2 aliphatic rings. The molecule has 0 bridgehead atoms. The molecule has 2 heterocycles. The van der Waals surface area contributed by atoms with E-state index in [1.54, 1.807) is 0 Å². The van der Waals surface area contributed by atoms with Gasteiger partial charge in [-0.1, -0.05) is 17.3 Å². The monoisotopic (exact) mass is 368 g/mol. The first-order valence-corrected chi connectivity index (χ1v) is 8.11. The van der Waals surface area contributed by atoms with E-state index in [9.17, 15) is 18.8 Å². The smallest absolute Gasteiger partial charge is 0.308 e. The van der Waals surface area contributed by atoms with E-state index in [0.29, 0.717) is 17.0 Å². The lowest BCUT2D eigenvalue weighted by molar-refractivity contribution is -0.132. The zero-order chi connectivity index (χ0) is 19.1. The van der Waals surface area contributed by atoms with Crippen molar-refractivity contribution < 1.29 is 28.3 Å². The lowest BCUT2D eigenvalue weighted by atomic mass is 9.94. The molecule has 1 saturated heterocycles. The number of benzene rings is 2. The van der Waals surface area contributed by atoms with Gasteiger partial charge in [-0.05, 0) is 36.4 Å². The molecule has 0 spiro atoms. The third kappa shape index (κ3) is 2.84. The van der Waals surface area contributed by atoms with Crippen LogP contribution >= 0.6 is 0 Å². The maximum Gasteiger partial charge on any atom is 0.308 e. The molecule has 0 aliphatic carbocycles. The number of fused-ring (bicyclic) bond motifs is 1. The Hall–Kier alpha value is -3.55. The van der Waals surface area contributed by atoms with Gasteiger partial charge in [0, 0.05) is 12.5 Å². The van der Waals surface area contributed by atoms with Gasteiger partial charge in [0.2, 0.25) is 12.0 Å². The van der Waals surface area contributed by atoms with Crippen LogP contribution in [0.25, 0.3) is 0 Å². The van der Waals surface area contributed by atoms with E-state index in [-0.39, 0.29) is 5.71 Å². The summed E-state index contributed by atoms with van der Waals surface area (Å²) >= 11 is 0. The minimum Gasteiger partial charge on any atom is -0.427 e. The number of carbonyl (C=O) groups excluding carboxylic acids is 3. The predicted molar refractivity (Wildman–Crippen MR) is 91.5 cm³/mol. The second-order valence-corrected chi connectivity index (χ2v) is 6.09. The molecule has 2 amide bonds. The number of imide groups is 1. The van der Waals surface area contributed by atoms with E-state index >= 15 is 0 Å². The average Bonchev–Trinajstić information content (AvgIpc) is 3.17. The number of halogens is 1. The predicted octanol–water partition coefficient (Wildman–Crippen LogP) is 2.04. The molecule has 0 unspecified atom stereocenters. The average molecular weight is 368 g/mol. The molecule has 0 N–H and O–H groups in total. The number of ether oxygens (including phenoxy) is 1. The minimum atomic E-state index is -1.05. The molecular formula is C19H13FN2O5. The second kappa shape index (κ2) is 6.31. The highest BCUT2D eigenvalue weighted by Gasteiger charge is 2.56. The number of amides is 2. The quantitative estimate of drug-likeness (QED) is 0.470. The lowest BCUT2D eigenvalue weighted by Gasteiger charge is -2.15. The largest absolute Gasteiger partial charge is 0.427 e. The van der Waals surface area contributed by atoms with Crippen LogP contribution in [0.2, 0.25) is 0 Å². The van der Waals surface area contributed by atoms with Gasteiger partial charge in [-0.25, -0.2) is 9.29 Å². The van der Waals surface area contributed by atoms with Crippen molar-refractivity contribution in [3.05, 3.63) is 59.9 Å². The summed E-state index contributed by atoms with van der Waals surface area (Å²) < 4.78 is 18.1. The van der Waals surface area contributed by atoms with Crippen LogP contribution in [0.3, 0.4) is 0 Å². The molecule has 0 radical (unpaired) electrons. The van der Waals surface area contributed by atoms with Gasteiger partial charge in [0.05, 0.1) is 5.69 Å². The van der Waals surface area contributed by atoms with Crippen LogP contribution in [0.15, 0.2) is 53.7 Å². The maximum atomic E-state index is 13.1. The third-order valence-electron chi connectivity index (χ3n) is 4.31. The van der Waals surface area contributed by atoms with Gasteiger partial charge >= 0.3 is 5.97 Å². The zero-order valence-electron chi connectivity index (χ0n) is 14.1. The lowest BCUT2D eigenvalue weighted by Crippen LogP contribution is -2.33. The summed E-state index contributed by atoms with van der Waals surface area (Å²) in [6.45, 7) is 1.27. The van der Waals surface area contributed by atoms with Gasteiger partial charge in [0.25, 0.3) is 5.91 Å². The molecule has 2 atom stereocenters. The Morgan fingerprint density at radius 1 is 1.07 bits per heavy atom. The van der Waals surface area contributed by atoms with E-state index in [1.165, 1.54) is 55.5 Å². The fourth-order valence-electron chi connectivity index (χ4n) is 3.12. The van der Waals surface area contributed by atoms with Crippen molar-refractivity contribution in [3.8, 4) is 5.75 Å². The van der Waals surface area contributed by atoms with Gasteiger partial charge in [-0.3, -0.25) is 14.4 Å². The van der Waals surface area contributed by atoms with Crippen LogP contribution in [0.1, 0.15) is 12.5 Å². The number of carbonyl (C=O) groups is 3. The highest BCUT2D eigenvalue weighted by molar-refractivity contribution is 6.32. The van der Waals surface area contributed by atoms with E-state index in [2.05, 4.69) is 5.16 Å². The fourth-order valence-corrected chi connectivity index (χ4v) is 3.12. The van der Waals surface area contributed by atoms with Crippen molar-refractivity contribution in [1.82, 2.24) is 0 Å². The van der Waals surface area contributed by atoms with Crippen molar-refractivity contribution in [2.75, 3.05) is 4.90 Å². The first-order chi connectivity index (χ1) is 13.0. The number of hydrogen-bond donors (Lipinski definition) is 0. The van der Waals surface area contributed by atoms with Crippen LogP contribution < -0.4 is 9.64 Å². The van der Waals surface area contributed by atoms with Crippen molar-refractivity contribution >= 4 is 29.2 Å². The summed E-state index contributed by atoms with van der Waals surface area (Å²) in [6.07, 6.45) is -1.05. The number of oxime groups is 1. The van der Waals surface area contributed by atoms with Crippen LogP contribution in [0.4, 0.5) is 10.1 Å².